The molecule has 156 valence electrons. The van der Waals surface area contributed by atoms with Crippen LogP contribution in [0.25, 0.3) is 0 Å². The van der Waals surface area contributed by atoms with Crippen molar-refractivity contribution in [2.24, 2.45) is 5.10 Å². The lowest BCUT2D eigenvalue weighted by Crippen LogP contribution is -2.20. The summed E-state index contributed by atoms with van der Waals surface area (Å²) >= 11 is 11.8. The Balaban J connectivity index is 1.70. The molecule has 1 amide bonds. The van der Waals surface area contributed by atoms with Gasteiger partial charge in [-0.25, -0.2) is 0 Å². The second-order valence-corrected chi connectivity index (χ2v) is 8.69. The van der Waals surface area contributed by atoms with Gasteiger partial charge in [-0.15, -0.1) is 0 Å². The molecule has 0 spiro atoms. The van der Waals surface area contributed by atoms with E-state index in [0.717, 1.165) is 0 Å². The highest BCUT2D eigenvalue weighted by Gasteiger charge is 2.18. The molecule has 0 atom stereocenters. The van der Waals surface area contributed by atoms with Crippen LogP contribution >= 0.6 is 23.2 Å². The van der Waals surface area contributed by atoms with Gasteiger partial charge in [-0.1, -0.05) is 40.5 Å². The van der Waals surface area contributed by atoms with Crippen molar-refractivity contribution in [2.45, 2.75) is 18.7 Å². The first-order chi connectivity index (χ1) is 14.2. The number of carbonyl (C=O) groups is 1. The number of hydrogen-bond donors (Lipinski definition) is 2. The predicted octanol–water partition coefficient (Wildman–Crippen LogP) is 4.24. The first-order valence-corrected chi connectivity index (χ1v) is 10.8. The number of carbonyl (C=O) groups excluding carboxylic acids is 1. The Morgan fingerprint density at radius 2 is 1.80 bits per heavy atom. The summed E-state index contributed by atoms with van der Waals surface area (Å²) in [6, 6.07) is 12.3. The van der Waals surface area contributed by atoms with Gasteiger partial charge in [0.2, 0.25) is 0 Å². The lowest BCUT2D eigenvalue weighted by Gasteiger charge is -2.08. The summed E-state index contributed by atoms with van der Waals surface area (Å²) in [7, 11) is -4.00. The van der Waals surface area contributed by atoms with Crippen LogP contribution in [0.3, 0.4) is 0 Å². The summed E-state index contributed by atoms with van der Waals surface area (Å²) in [4.78, 5) is 14.1. The number of hydrogen-bond acceptors (Lipinski definition) is 6. The lowest BCUT2D eigenvalue weighted by atomic mass is 10.1. The molecule has 0 fully saturated rings. The van der Waals surface area contributed by atoms with Gasteiger partial charge in [-0.05, 0) is 49.7 Å². The first-order valence-electron chi connectivity index (χ1n) is 8.52. The molecule has 0 saturated carbocycles. The Kier molecular flexibility index (Phi) is 6.45. The fourth-order valence-corrected chi connectivity index (χ4v) is 4.01. The molecule has 0 saturated heterocycles. The van der Waals surface area contributed by atoms with Crippen molar-refractivity contribution in [3.63, 3.8) is 0 Å². The highest BCUT2D eigenvalue weighted by atomic mass is 35.5. The standard InChI is InChI=1S/C19H16Cl2N4O4S/c1-11-9-17(24-29-11)19(26)22-15-6-3-13(4-7-15)12(2)23-25-30(27,28)18-10-14(20)5-8-16(18)21/h3-10,25H,1-2H3,(H,22,26)/b23-12+. The summed E-state index contributed by atoms with van der Waals surface area (Å²) in [5.41, 5.74) is 1.75. The second-order valence-electron chi connectivity index (χ2n) is 6.22. The summed E-state index contributed by atoms with van der Waals surface area (Å²) in [6.07, 6.45) is 0. The van der Waals surface area contributed by atoms with Crippen LogP contribution in [-0.4, -0.2) is 25.2 Å². The molecule has 0 unspecified atom stereocenters. The maximum atomic E-state index is 12.4. The zero-order valence-electron chi connectivity index (χ0n) is 15.8. The number of anilines is 1. The van der Waals surface area contributed by atoms with Gasteiger partial charge in [0.15, 0.2) is 5.69 Å². The van der Waals surface area contributed by atoms with Crippen LogP contribution in [0.5, 0.6) is 0 Å². The number of aromatic nitrogens is 1. The van der Waals surface area contributed by atoms with E-state index in [2.05, 4.69) is 20.4 Å². The molecule has 1 heterocycles. The minimum absolute atomic E-state index is 0.0298. The molecule has 0 aliphatic heterocycles. The fraction of sp³-hybridized carbons (Fsp3) is 0.105. The van der Waals surface area contributed by atoms with E-state index in [9.17, 15) is 13.2 Å². The maximum absolute atomic E-state index is 12.4. The number of sulfonamides is 1. The lowest BCUT2D eigenvalue weighted by molar-refractivity contribution is 0.101. The number of nitrogens with zero attached hydrogens (tertiary/aromatic N) is 2. The van der Waals surface area contributed by atoms with E-state index in [0.29, 0.717) is 22.7 Å². The average molecular weight is 467 g/mol. The molecule has 1 aromatic heterocycles. The van der Waals surface area contributed by atoms with Gasteiger partial charge in [-0.3, -0.25) is 4.79 Å². The molecule has 0 aliphatic carbocycles. The first kappa shape index (κ1) is 21.8. The number of aryl methyl sites for hydroxylation is 1. The van der Waals surface area contributed by atoms with Crippen LogP contribution < -0.4 is 10.1 Å². The van der Waals surface area contributed by atoms with Crippen molar-refractivity contribution in [1.29, 1.82) is 0 Å². The van der Waals surface area contributed by atoms with Crippen LogP contribution in [0, 0.1) is 6.92 Å². The highest BCUT2D eigenvalue weighted by Crippen LogP contribution is 2.24. The molecule has 3 aromatic rings. The van der Waals surface area contributed by atoms with Gasteiger partial charge < -0.3 is 9.84 Å². The van der Waals surface area contributed by atoms with E-state index in [1.165, 1.54) is 24.3 Å². The Morgan fingerprint density at radius 3 is 2.43 bits per heavy atom. The van der Waals surface area contributed by atoms with E-state index in [4.69, 9.17) is 27.7 Å². The summed E-state index contributed by atoms with van der Waals surface area (Å²) < 4.78 is 29.7. The van der Waals surface area contributed by atoms with Crippen LogP contribution in [0.1, 0.15) is 28.7 Å². The van der Waals surface area contributed by atoms with Gasteiger partial charge in [-0.2, -0.15) is 18.4 Å². The van der Waals surface area contributed by atoms with Crippen LogP contribution in [-0.2, 0) is 10.0 Å². The Bertz CT molecular complexity index is 1220. The molecular weight excluding hydrogens is 451 g/mol. The fourth-order valence-electron chi connectivity index (χ4n) is 2.39. The largest absolute Gasteiger partial charge is 0.361 e. The van der Waals surface area contributed by atoms with Crippen LogP contribution in [0.15, 0.2) is 63.1 Å². The molecule has 8 nitrogen and oxygen atoms in total. The molecule has 0 radical (unpaired) electrons. The van der Waals surface area contributed by atoms with E-state index < -0.39 is 15.9 Å². The zero-order chi connectivity index (χ0) is 21.9. The summed E-state index contributed by atoms with van der Waals surface area (Å²) in [5.74, 6) is 0.125. The third kappa shape index (κ3) is 5.18. The number of amides is 1. The molecule has 2 aromatic carbocycles. The number of rotatable bonds is 6. The molecule has 2 N–H and O–H groups in total. The normalized spacial score (nSPS) is 11.9. The number of benzene rings is 2. The van der Waals surface area contributed by atoms with Gasteiger partial charge in [0, 0.05) is 16.8 Å². The second kappa shape index (κ2) is 8.86. The summed E-state index contributed by atoms with van der Waals surface area (Å²) in [6.45, 7) is 3.32. The molecular formula is C19H16Cl2N4O4S. The minimum atomic E-state index is -4.00. The molecule has 30 heavy (non-hydrogen) atoms. The quantitative estimate of drug-likeness (QED) is 0.416. The van der Waals surface area contributed by atoms with E-state index in [1.807, 2.05) is 0 Å². The van der Waals surface area contributed by atoms with Crippen LogP contribution in [0.4, 0.5) is 5.69 Å². The van der Waals surface area contributed by atoms with E-state index >= 15 is 0 Å². The third-order valence-corrected chi connectivity index (χ3v) is 5.86. The maximum Gasteiger partial charge on any atom is 0.278 e. The molecule has 0 bridgehead atoms. The van der Waals surface area contributed by atoms with Gasteiger partial charge in [0.25, 0.3) is 15.9 Å². The summed E-state index contributed by atoms with van der Waals surface area (Å²) in [5, 5.41) is 10.5. The van der Waals surface area contributed by atoms with Crippen molar-refractivity contribution >= 4 is 50.5 Å². The highest BCUT2D eigenvalue weighted by molar-refractivity contribution is 7.89. The van der Waals surface area contributed by atoms with Gasteiger partial charge in [0.05, 0.1) is 10.7 Å². The van der Waals surface area contributed by atoms with E-state index in [-0.39, 0.29) is 20.6 Å². The Labute approximate surface area is 182 Å². The number of nitrogens with one attached hydrogen (secondary N) is 2. The van der Waals surface area contributed by atoms with Crippen molar-refractivity contribution in [3.8, 4) is 0 Å². The van der Waals surface area contributed by atoms with Crippen molar-refractivity contribution in [2.75, 3.05) is 5.32 Å². The topological polar surface area (TPSA) is 114 Å². The number of halogens is 2. The smallest absolute Gasteiger partial charge is 0.278 e. The van der Waals surface area contributed by atoms with Crippen molar-refractivity contribution in [3.05, 3.63) is 75.6 Å². The Morgan fingerprint density at radius 1 is 1.10 bits per heavy atom. The van der Waals surface area contributed by atoms with Gasteiger partial charge in [0.1, 0.15) is 10.7 Å². The monoisotopic (exact) mass is 466 g/mol. The van der Waals surface area contributed by atoms with Crippen molar-refractivity contribution < 1.29 is 17.7 Å². The molecule has 11 heteroatoms. The van der Waals surface area contributed by atoms with E-state index in [1.54, 1.807) is 38.1 Å². The zero-order valence-corrected chi connectivity index (χ0v) is 18.1. The number of hydrazone groups is 1. The molecule has 0 aliphatic rings. The SMILES string of the molecule is C/C(=N\NS(=O)(=O)c1cc(Cl)ccc1Cl)c1ccc(NC(=O)c2cc(C)on2)cc1. The van der Waals surface area contributed by atoms with Gasteiger partial charge >= 0.3 is 0 Å². The average Bonchev–Trinajstić information content (AvgIpc) is 3.15. The Hall–Kier alpha value is -2.88. The molecule has 3 rings (SSSR count). The minimum Gasteiger partial charge on any atom is -0.361 e. The van der Waals surface area contributed by atoms with Crippen molar-refractivity contribution in [1.82, 2.24) is 9.99 Å². The predicted molar refractivity (Wildman–Crippen MR) is 115 cm³/mol. The van der Waals surface area contributed by atoms with Crippen LogP contribution in [0.2, 0.25) is 10.0 Å². The third-order valence-electron chi connectivity index (χ3n) is 3.94.